The number of benzene rings is 1. The zero-order chi connectivity index (χ0) is 17.1. The molecule has 24 heavy (non-hydrogen) atoms. The molecule has 1 aromatic carbocycles. The quantitative estimate of drug-likeness (QED) is 0.671. The van der Waals surface area contributed by atoms with Gasteiger partial charge in [0.05, 0.1) is 17.3 Å². The lowest BCUT2D eigenvalue weighted by molar-refractivity contribution is -0.118. The first-order chi connectivity index (χ1) is 11.5. The SMILES string of the molecule is CC(C)[C@H](NC(=O)c1ccco1)C(=O)Nc1nc2ccccc2[nH]1. The van der Waals surface area contributed by atoms with Crippen LogP contribution in [-0.4, -0.2) is 27.8 Å². The minimum absolute atomic E-state index is 0.103. The van der Waals surface area contributed by atoms with Crippen molar-refractivity contribution in [1.29, 1.82) is 0 Å². The lowest BCUT2D eigenvalue weighted by atomic mass is 10.0. The number of imidazole rings is 1. The van der Waals surface area contributed by atoms with Crippen LogP contribution >= 0.6 is 0 Å². The van der Waals surface area contributed by atoms with Gasteiger partial charge in [0.2, 0.25) is 11.9 Å². The highest BCUT2D eigenvalue weighted by Crippen LogP contribution is 2.14. The van der Waals surface area contributed by atoms with E-state index < -0.39 is 11.9 Å². The van der Waals surface area contributed by atoms with Crippen LogP contribution in [0.3, 0.4) is 0 Å². The number of nitrogens with zero attached hydrogens (tertiary/aromatic N) is 1. The zero-order valence-corrected chi connectivity index (χ0v) is 13.4. The maximum Gasteiger partial charge on any atom is 0.287 e. The Labute approximate surface area is 138 Å². The summed E-state index contributed by atoms with van der Waals surface area (Å²) < 4.78 is 5.05. The highest BCUT2D eigenvalue weighted by atomic mass is 16.3. The van der Waals surface area contributed by atoms with Gasteiger partial charge in [-0.1, -0.05) is 26.0 Å². The molecule has 2 heterocycles. The van der Waals surface area contributed by atoms with Crippen LogP contribution in [0.1, 0.15) is 24.4 Å². The summed E-state index contributed by atoms with van der Waals surface area (Å²) in [6.07, 6.45) is 1.41. The molecule has 3 N–H and O–H groups in total. The third-order valence-electron chi connectivity index (χ3n) is 3.61. The van der Waals surface area contributed by atoms with Gasteiger partial charge in [0.25, 0.3) is 5.91 Å². The summed E-state index contributed by atoms with van der Waals surface area (Å²) in [5.41, 5.74) is 1.59. The monoisotopic (exact) mass is 326 g/mol. The molecule has 3 rings (SSSR count). The Bertz CT molecular complexity index is 819. The summed E-state index contributed by atoms with van der Waals surface area (Å²) in [7, 11) is 0. The zero-order valence-electron chi connectivity index (χ0n) is 13.4. The number of anilines is 1. The number of rotatable bonds is 5. The summed E-state index contributed by atoms with van der Waals surface area (Å²) in [6, 6.07) is 9.92. The van der Waals surface area contributed by atoms with E-state index in [1.165, 1.54) is 6.26 Å². The number of carbonyl (C=O) groups excluding carboxylic acids is 2. The maximum atomic E-state index is 12.5. The predicted octanol–water partition coefficient (Wildman–Crippen LogP) is 2.55. The fourth-order valence-corrected chi connectivity index (χ4v) is 2.36. The maximum absolute atomic E-state index is 12.5. The van der Waals surface area contributed by atoms with Gasteiger partial charge in [0.15, 0.2) is 5.76 Å². The van der Waals surface area contributed by atoms with E-state index in [0.29, 0.717) is 5.95 Å². The van der Waals surface area contributed by atoms with Crippen molar-refractivity contribution in [3.8, 4) is 0 Å². The molecule has 124 valence electrons. The number of nitrogens with one attached hydrogen (secondary N) is 3. The molecule has 0 radical (unpaired) electrons. The summed E-state index contributed by atoms with van der Waals surface area (Å²) in [5, 5.41) is 5.40. The number of H-pyrrole nitrogens is 1. The number of fused-ring (bicyclic) bond motifs is 1. The van der Waals surface area contributed by atoms with E-state index in [1.807, 2.05) is 38.1 Å². The van der Waals surface area contributed by atoms with E-state index in [4.69, 9.17) is 4.42 Å². The van der Waals surface area contributed by atoms with Gasteiger partial charge in [-0.25, -0.2) is 4.98 Å². The van der Waals surface area contributed by atoms with Gasteiger partial charge in [-0.15, -0.1) is 0 Å². The minimum Gasteiger partial charge on any atom is -0.459 e. The van der Waals surface area contributed by atoms with Crippen LogP contribution in [0.2, 0.25) is 0 Å². The number of hydrogen-bond donors (Lipinski definition) is 3. The Hall–Kier alpha value is -3.09. The second-order valence-electron chi connectivity index (χ2n) is 5.76. The third-order valence-corrected chi connectivity index (χ3v) is 3.61. The Balaban J connectivity index is 1.73. The molecule has 0 fully saturated rings. The van der Waals surface area contributed by atoms with Crippen molar-refractivity contribution in [2.24, 2.45) is 5.92 Å². The van der Waals surface area contributed by atoms with Crippen LogP contribution in [0.15, 0.2) is 47.1 Å². The first-order valence-corrected chi connectivity index (χ1v) is 7.64. The van der Waals surface area contributed by atoms with Crippen molar-refractivity contribution in [2.75, 3.05) is 5.32 Å². The fourth-order valence-electron chi connectivity index (χ4n) is 2.36. The van der Waals surface area contributed by atoms with Crippen LogP contribution in [0, 0.1) is 5.92 Å². The van der Waals surface area contributed by atoms with E-state index in [0.717, 1.165) is 11.0 Å². The summed E-state index contributed by atoms with van der Waals surface area (Å²) in [4.78, 5) is 32.0. The number of amides is 2. The number of furan rings is 1. The number of para-hydroxylation sites is 2. The van der Waals surface area contributed by atoms with Crippen LogP contribution in [0.25, 0.3) is 11.0 Å². The average Bonchev–Trinajstić information content (AvgIpc) is 3.20. The second kappa shape index (κ2) is 6.57. The first kappa shape index (κ1) is 15.8. The normalized spacial score (nSPS) is 12.3. The molecule has 2 aromatic heterocycles. The molecule has 7 heteroatoms. The molecule has 0 saturated carbocycles. The van der Waals surface area contributed by atoms with E-state index in [9.17, 15) is 9.59 Å². The first-order valence-electron chi connectivity index (χ1n) is 7.64. The number of carbonyl (C=O) groups is 2. The number of aromatic nitrogens is 2. The lowest BCUT2D eigenvalue weighted by Crippen LogP contribution is -2.47. The van der Waals surface area contributed by atoms with Crippen molar-refractivity contribution in [3.63, 3.8) is 0 Å². The summed E-state index contributed by atoms with van der Waals surface area (Å²) in [5.74, 6) is -0.369. The largest absolute Gasteiger partial charge is 0.459 e. The Morgan fingerprint density at radius 1 is 1.17 bits per heavy atom. The van der Waals surface area contributed by atoms with Gasteiger partial charge in [0, 0.05) is 0 Å². The molecular formula is C17H18N4O3. The molecule has 0 aliphatic heterocycles. The predicted molar refractivity (Wildman–Crippen MR) is 89.5 cm³/mol. The molecule has 0 unspecified atom stereocenters. The van der Waals surface area contributed by atoms with Crippen molar-refractivity contribution in [2.45, 2.75) is 19.9 Å². The van der Waals surface area contributed by atoms with Crippen molar-refractivity contribution in [1.82, 2.24) is 15.3 Å². The molecular weight excluding hydrogens is 308 g/mol. The smallest absolute Gasteiger partial charge is 0.287 e. The molecule has 0 bridgehead atoms. The summed E-state index contributed by atoms with van der Waals surface area (Å²) in [6.45, 7) is 3.70. The third kappa shape index (κ3) is 3.29. The molecule has 2 amide bonds. The van der Waals surface area contributed by atoms with E-state index in [2.05, 4.69) is 20.6 Å². The molecule has 3 aromatic rings. The van der Waals surface area contributed by atoms with Crippen molar-refractivity contribution < 1.29 is 14.0 Å². The van der Waals surface area contributed by atoms with Crippen molar-refractivity contribution in [3.05, 3.63) is 48.4 Å². The summed E-state index contributed by atoms with van der Waals surface area (Å²) >= 11 is 0. The van der Waals surface area contributed by atoms with E-state index in [1.54, 1.807) is 12.1 Å². The highest BCUT2D eigenvalue weighted by molar-refractivity contribution is 6.00. The van der Waals surface area contributed by atoms with Crippen LogP contribution in [0.5, 0.6) is 0 Å². The van der Waals surface area contributed by atoms with E-state index >= 15 is 0 Å². The number of hydrogen-bond acceptors (Lipinski definition) is 4. The average molecular weight is 326 g/mol. The van der Waals surface area contributed by atoms with Gasteiger partial charge >= 0.3 is 0 Å². The molecule has 7 nitrogen and oxygen atoms in total. The fraction of sp³-hybridized carbons (Fsp3) is 0.235. The van der Waals surface area contributed by atoms with Gasteiger partial charge < -0.3 is 14.7 Å². The Morgan fingerprint density at radius 3 is 2.62 bits per heavy atom. The standard InChI is InChI=1S/C17H18N4O3/c1-10(2)14(20-15(22)13-8-5-9-24-13)16(23)21-17-18-11-6-3-4-7-12(11)19-17/h3-10,14H,1-2H3,(H,20,22)(H2,18,19,21,23)/t14-/m0/s1. The highest BCUT2D eigenvalue weighted by Gasteiger charge is 2.26. The molecule has 0 aliphatic carbocycles. The topological polar surface area (TPSA) is 100 Å². The van der Waals surface area contributed by atoms with E-state index in [-0.39, 0.29) is 17.6 Å². The van der Waals surface area contributed by atoms with Crippen LogP contribution < -0.4 is 10.6 Å². The van der Waals surface area contributed by atoms with Crippen LogP contribution in [0.4, 0.5) is 5.95 Å². The van der Waals surface area contributed by atoms with Gasteiger partial charge in [-0.2, -0.15) is 0 Å². The Morgan fingerprint density at radius 2 is 1.96 bits per heavy atom. The van der Waals surface area contributed by atoms with Crippen LogP contribution in [-0.2, 0) is 4.79 Å². The van der Waals surface area contributed by atoms with Gasteiger partial charge in [-0.05, 0) is 30.2 Å². The van der Waals surface area contributed by atoms with Gasteiger partial charge in [0.1, 0.15) is 6.04 Å². The lowest BCUT2D eigenvalue weighted by Gasteiger charge is -2.20. The van der Waals surface area contributed by atoms with Gasteiger partial charge in [-0.3, -0.25) is 14.9 Å². The molecule has 0 aliphatic rings. The molecule has 0 spiro atoms. The molecule has 1 atom stereocenters. The number of aromatic amines is 1. The second-order valence-corrected chi connectivity index (χ2v) is 5.76. The van der Waals surface area contributed by atoms with Crippen molar-refractivity contribution >= 4 is 28.8 Å². The minimum atomic E-state index is -0.712. The molecule has 0 saturated heterocycles. The Kier molecular flexibility index (Phi) is 4.33.